The van der Waals surface area contributed by atoms with E-state index >= 15 is 0 Å². The molecule has 0 spiro atoms. The van der Waals surface area contributed by atoms with Crippen molar-refractivity contribution >= 4 is 33.0 Å². The molecule has 3 rings (SSSR count). The van der Waals surface area contributed by atoms with E-state index in [4.69, 9.17) is 17.0 Å². The number of sulfonamides is 1. The molecular formula is C17H17NO4S2. The van der Waals surface area contributed by atoms with Gasteiger partial charge in [0.2, 0.25) is 5.91 Å². The summed E-state index contributed by atoms with van der Waals surface area (Å²) >= 11 is 5.06. The molecule has 1 fully saturated rings. The van der Waals surface area contributed by atoms with Crippen molar-refractivity contribution in [3.05, 3.63) is 53.8 Å². The number of carbonyl (C=O) groups is 1. The monoisotopic (exact) mass is 363 g/mol. The standard InChI is InChI=1S/C17H17NO4S2/c1-12-2-8-16(9-3-12)24(20,21)18-13(10-17(18)19)11-22-14-4-6-15(23)7-5-14/h2-6,8-9,13H,7,10-11H2,1H3/t13-/m0/s1. The van der Waals surface area contributed by atoms with E-state index < -0.39 is 22.0 Å². The Morgan fingerprint density at radius 2 is 1.96 bits per heavy atom. The number of carbonyl (C=O) groups excluding carboxylic acids is 1. The predicted octanol–water partition coefficient (Wildman–Crippen LogP) is 2.51. The highest BCUT2D eigenvalue weighted by Crippen LogP contribution is 2.29. The highest BCUT2D eigenvalue weighted by atomic mass is 32.2. The van der Waals surface area contributed by atoms with Crippen molar-refractivity contribution in [2.24, 2.45) is 0 Å². The second-order valence-corrected chi connectivity index (χ2v) is 8.13. The van der Waals surface area contributed by atoms with Gasteiger partial charge in [-0.1, -0.05) is 29.9 Å². The quantitative estimate of drug-likeness (QED) is 0.594. The largest absolute Gasteiger partial charge is 0.492 e. The number of benzene rings is 1. The van der Waals surface area contributed by atoms with Crippen molar-refractivity contribution in [2.75, 3.05) is 6.61 Å². The van der Waals surface area contributed by atoms with Gasteiger partial charge in [0.05, 0.1) is 17.4 Å². The van der Waals surface area contributed by atoms with Crippen molar-refractivity contribution in [3.8, 4) is 0 Å². The van der Waals surface area contributed by atoms with E-state index in [-0.39, 0.29) is 17.9 Å². The van der Waals surface area contributed by atoms with E-state index in [2.05, 4.69) is 0 Å². The van der Waals surface area contributed by atoms with Gasteiger partial charge in [-0.2, -0.15) is 0 Å². The summed E-state index contributed by atoms with van der Waals surface area (Å²) in [5, 5.41) is 0. The molecule has 7 heteroatoms. The third-order valence-electron chi connectivity index (χ3n) is 3.95. The third-order valence-corrected chi connectivity index (χ3v) is 6.14. The molecule has 1 saturated heterocycles. The molecule has 1 aliphatic heterocycles. The molecule has 0 N–H and O–H groups in total. The molecule has 1 amide bonds. The van der Waals surface area contributed by atoms with Crippen molar-refractivity contribution in [1.82, 2.24) is 4.31 Å². The molecule has 1 heterocycles. The Hall–Kier alpha value is -1.99. The number of rotatable bonds is 5. The van der Waals surface area contributed by atoms with Gasteiger partial charge in [-0.3, -0.25) is 4.79 Å². The molecule has 0 bridgehead atoms. The Morgan fingerprint density at radius 3 is 2.54 bits per heavy atom. The summed E-state index contributed by atoms with van der Waals surface area (Å²) in [4.78, 5) is 12.8. The van der Waals surface area contributed by atoms with Gasteiger partial charge < -0.3 is 4.74 Å². The second-order valence-electron chi connectivity index (χ2n) is 5.79. The summed E-state index contributed by atoms with van der Waals surface area (Å²) in [5.74, 6) is 0.245. The maximum absolute atomic E-state index is 12.6. The van der Waals surface area contributed by atoms with E-state index in [9.17, 15) is 13.2 Å². The molecule has 0 saturated carbocycles. The Bertz CT molecular complexity index is 838. The lowest BCUT2D eigenvalue weighted by atomic mass is 10.1. The Kier molecular flexibility index (Phi) is 4.56. The Balaban J connectivity index is 1.70. The first-order chi connectivity index (χ1) is 11.4. The molecule has 2 aliphatic rings. The molecule has 1 aromatic rings. The lowest BCUT2D eigenvalue weighted by Crippen LogP contribution is -2.57. The Labute approximate surface area is 146 Å². The van der Waals surface area contributed by atoms with Crippen LogP contribution in [0.4, 0.5) is 0 Å². The number of nitrogens with zero attached hydrogens (tertiary/aromatic N) is 1. The Morgan fingerprint density at radius 1 is 1.25 bits per heavy atom. The number of amides is 1. The number of β-lactam (4-membered cyclic amide) rings is 1. The lowest BCUT2D eigenvalue weighted by molar-refractivity contribution is -0.139. The molecule has 0 radical (unpaired) electrons. The van der Waals surface area contributed by atoms with Crippen LogP contribution in [0.5, 0.6) is 0 Å². The van der Waals surface area contributed by atoms with Crippen LogP contribution in [-0.4, -0.2) is 36.1 Å². The minimum atomic E-state index is -3.83. The van der Waals surface area contributed by atoms with Gasteiger partial charge in [0.1, 0.15) is 12.4 Å². The van der Waals surface area contributed by atoms with Crippen LogP contribution in [0.25, 0.3) is 0 Å². The summed E-state index contributed by atoms with van der Waals surface area (Å²) in [6.07, 6.45) is 6.20. The zero-order chi connectivity index (χ0) is 17.3. The molecule has 5 nitrogen and oxygen atoms in total. The van der Waals surface area contributed by atoms with E-state index in [0.29, 0.717) is 12.2 Å². The summed E-state index contributed by atoms with van der Waals surface area (Å²) in [7, 11) is -3.83. The predicted molar refractivity (Wildman–Crippen MR) is 94.0 cm³/mol. The first kappa shape index (κ1) is 16.9. The van der Waals surface area contributed by atoms with Crippen LogP contribution < -0.4 is 0 Å². The van der Waals surface area contributed by atoms with Crippen molar-refractivity contribution in [1.29, 1.82) is 0 Å². The minimum Gasteiger partial charge on any atom is -0.492 e. The van der Waals surface area contributed by atoms with E-state index in [1.54, 1.807) is 24.3 Å². The molecule has 1 atom stereocenters. The first-order valence-corrected chi connectivity index (χ1v) is 9.40. The lowest BCUT2D eigenvalue weighted by Gasteiger charge is -2.38. The van der Waals surface area contributed by atoms with Crippen LogP contribution >= 0.6 is 12.2 Å². The van der Waals surface area contributed by atoms with Gasteiger partial charge >= 0.3 is 0 Å². The number of hydrogen-bond donors (Lipinski definition) is 0. The molecule has 1 aliphatic carbocycles. The van der Waals surface area contributed by atoms with Gasteiger partial charge in [0, 0.05) is 11.3 Å². The fourth-order valence-corrected chi connectivity index (χ4v) is 4.29. The molecule has 126 valence electrons. The molecule has 24 heavy (non-hydrogen) atoms. The van der Waals surface area contributed by atoms with E-state index in [1.807, 2.05) is 13.0 Å². The average Bonchev–Trinajstić information content (AvgIpc) is 2.52. The van der Waals surface area contributed by atoms with Crippen LogP contribution in [0.3, 0.4) is 0 Å². The SMILES string of the molecule is Cc1ccc(S(=O)(=O)N2C(=O)C[C@H]2COC2=CCC(=S)C=C2)cc1. The van der Waals surface area contributed by atoms with Gasteiger partial charge in [0.15, 0.2) is 0 Å². The first-order valence-electron chi connectivity index (χ1n) is 7.56. The number of allylic oxidation sites excluding steroid dienone is 3. The summed E-state index contributed by atoms with van der Waals surface area (Å²) < 4.78 is 31.8. The van der Waals surface area contributed by atoms with Crippen molar-refractivity contribution in [3.63, 3.8) is 0 Å². The summed E-state index contributed by atoms with van der Waals surface area (Å²) in [6, 6.07) is 5.97. The van der Waals surface area contributed by atoms with Crippen LogP contribution in [0.2, 0.25) is 0 Å². The molecular weight excluding hydrogens is 346 g/mol. The average molecular weight is 363 g/mol. The number of thiocarbonyl (C=S) groups is 1. The molecule has 1 aromatic carbocycles. The van der Waals surface area contributed by atoms with E-state index in [0.717, 1.165) is 14.7 Å². The van der Waals surface area contributed by atoms with Crippen LogP contribution in [0.1, 0.15) is 18.4 Å². The third kappa shape index (κ3) is 3.27. The van der Waals surface area contributed by atoms with Gasteiger partial charge in [0.25, 0.3) is 10.0 Å². The topological polar surface area (TPSA) is 63.7 Å². The summed E-state index contributed by atoms with van der Waals surface area (Å²) in [6.45, 7) is 2.01. The van der Waals surface area contributed by atoms with Gasteiger partial charge in [-0.05, 0) is 37.3 Å². The normalized spacial score (nSPS) is 20.6. The van der Waals surface area contributed by atoms with Gasteiger partial charge in [-0.15, -0.1) is 0 Å². The van der Waals surface area contributed by atoms with Crippen LogP contribution in [0, 0.1) is 6.92 Å². The van der Waals surface area contributed by atoms with Crippen LogP contribution in [-0.2, 0) is 19.6 Å². The number of aryl methyl sites for hydroxylation is 1. The maximum atomic E-state index is 12.6. The van der Waals surface area contributed by atoms with E-state index in [1.165, 1.54) is 12.1 Å². The smallest absolute Gasteiger partial charge is 0.266 e. The highest BCUT2D eigenvalue weighted by Gasteiger charge is 2.45. The zero-order valence-electron chi connectivity index (χ0n) is 13.1. The molecule has 0 unspecified atom stereocenters. The fraction of sp³-hybridized carbons (Fsp3) is 0.294. The zero-order valence-corrected chi connectivity index (χ0v) is 14.8. The second kappa shape index (κ2) is 6.49. The maximum Gasteiger partial charge on any atom is 0.266 e. The molecule has 0 aromatic heterocycles. The highest BCUT2D eigenvalue weighted by molar-refractivity contribution is 7.89. The fourth-order valence-electron chi connectivity index (χ4n) is 2.56. The van der Waals surface area contributed by atoms with Crippen molar-refractivity contribution < 1.29 is 17.9 Å². The van der Waals surface area contributed by atoms with Gasteiger partial charge in [-0.25, -0.2) is 12.7 Å². The minimum absolute atomic E-state index is 0.119. The number of ether oxygens (including phenoxy) is 1. The van der Waals surface area contributed by atoms with Crippen molar-refractivity contribution in [2.45, 2.75) is 30.7 Å². The summed E-state index contributed by atoms with van der Waals surface area (Å²) in [5.41, 5.74) is 0.956. The number of hydrogen-bond acceptors (Lipinski definition) is 5. The van der Waals surface area contributed by atoms with Crippen LogP contribution in [0.15, 0.2) is 53.1 Å².